The van der Waals surface area contributed by atoms with Crippen molar-refractivity contribution in [3.05, 3.63) is 210 Å². The molecule has 272 valence electrons. The van der Waals surface area contributed by atoms with Gasteiger partial charge in [0, 0.05) is 38.4 Å². The fourth-order valence-electron chi connectivity index (χ4n) is 8.21. The van der Waals surface area contributed by atoms with Crippen LogP contribution in [-0.2, 0) is 0 Å². The molecule has 0 amide bonds. The van der Waals surface area contributed by atoms with Gasteiger partial charge in [-0.3, -0.25) is 9.36 Å². The van der Waals surface area contributed by atoms with Crippen molar-refractivity contribution >= 4 is 43.6 Å². The molecule has 3 aromatic heterocycles. The zero-order chi connectivity index (χ0) is 38.6. The van der Waals surface area contributed by atoms with Gasteiger partial charge in [0.15, 0.2) is 17.1 Å². The van der Waals surface area contributed by atoms with E-state index in [9.17, 15) is 4.79 Å². The Kier molecular flexibility index (Phi) is 7.86. The van der Waals surface area contributed by atoms with Crippen molar-refractivity contribution in [1.29, 1.82) is 0 Å². The van der Waals surface area contributed by atoms with Crippen LogP contribution in [0.4, 0.5) is 0 Å². The van der Waals surface area contributed by atoms with E-state index in [4.69, 9.17) is 15.0 Å². The van der Waals surface area contributed by atoms with Crippen LogP contribution < -0.4 is 5.43 Å². The molecular weight excluding hydrogens is 711 g/mol. The second kappa shape index (κ2) is 13.7. The number of fused-ring (bicyclic) bond motifs is 5. The first-order chi connectivity index (χ1) is 28.7. The Bertz CT molecular complexity index is 3330. The third kappa shape index (κ3) is 5.58. The number of nitrogens with zero attached hydrogens (tertiary/aromatic N) is 5. The molecule has 0 saturated carbocycles. The number of aromatic nitrogens is 5. The summed E-state index contributed by atoms with van der Waals surface area (Å²) in [6, 6.07) is 68.0. The summed E-state index contributed by atoms with van der Waals surface area (Å²) in [5.41, 5.74) is 10.8. The van der Waals surface area contributed by atoms with Crippen LogP contribution in [0, 0.1) is 0 Å². The van der Waals surface area contributed by atoms with E-state index < -0.39 is 0 Å². The van der Waals surface area contributed by atoms with Gasteiger partial charge in [-0.2, -0.15) is 9.97 Å². The van der Waals surface area contributed by atoms with E-state index in [1.807, 2.05) is 108 Å². The third-order valence-electron chi connectivity index (χ3n) is 11.0. The molecule has 3 heterocycles. The van der Waals surface area contributed by atoms with Gasteiger partial charge in [-0.05, 0) is 76.9 Å². The molecule has 6 nitrogen and oxygen atoms in total. The monoisotopic (exact) mass is 743 g/mol. The lowest BCUT2D eigenvalue weighted by Gasteiger charge is -2.16. The summed E-state index contributed by atoms with van der Waals surface area (Å²) in [7, 11) is 0. The van der Waals surface area contributed by atoms with Gasteiger partial charge in [0.05, 0.1) is 22.1 Å². The Morgan fingerprint density at radius 1 is 0.310 bits per heavy atom. The van der Waals surface area contributed by atoms with E-state index in [-0.39, 0.29) is 5.43 Å². The predicted molar refractivity (Wildman–Crippen MR) is 237 cm³/mol. The van der Waals surface area contributed by atoms with Crippen molar-refractivity contribution < 1.29 is 0 Å². The third-order valence-corrected chi connectivity index (χ3v) is 11.0. The van der Waals surface area contributed by atoms with Gasteiger partial charge in [0.1, 0.15) is 0 Å². The first-order valence-electron chi connectivity index (χ1n) is 19.3. The molecule has 0 unspecified atom stereocenters. The summed E-state index contributed by atoms with van der Waals surface area (Å²) in [5, 5.41) is 3.48. The topological polar surface area (TPSA) is 65.6 Å². The lowest BCUT2D eigenvalue weighted by molar-refractivity contribution is 0.949. The molecule has 0 N–H and O–H groups in total. The van der Waals surface area contributed by atoms with E-state index in [1.165, 1.54) is 16.5 Å². The molecular formula is C52H33N5O. The normalized spacial score (nSPS) is 11.5. The van der Waals surface area contributed by atoms with Gasteiger partial charge >= 0.3 is 0 Å². The molecule has 0 aliphatic carbocycles. The summed E-state index contributed by atoms with van der Waals surface area (Å²) in [6.07, 6.45) is 0. The Morgan fingerprint density at radius 3 is 1.34 bits per heavy atom. The molecule has 6 heteroatoms. The van der Waals surface area contributed by atoms with Crippen LogP contribution in [0.1, 0.15) is 0 Å². The van der Waals surface area contributed by atoms with E-state index >= 15 is 0 Å². The van der Waals surface area contributed by atoms with Crippen molar-refractivity contribution in [2.45, 2.75) is 0 Å². The number of para-hydroxylation sites is 2. The van der Waals surface area contributed by atoms with Crippen LogP contribution in [0.25, 0.3) is 100 Å². The van der Waals surface area contributed by atoms with Crippen LogP contribution in [0.15, 0.2) is 205 Å². The molecule has 8 aromatic carbocycles. The molecule has 0 bridgehead atoms. The fourth-order valence-corrected chi connectivity index (χ4v) is 8.21. The van der Waals surface area contributed by atoms with Crippen molar-refractivity contribution in [2.75, 3.05) is 0 Å². The maximum atomic E-state index is 14.4. The quantitative estimate of drug-likeness (QED) is 0.159. The molecule has 0 aliphatic heterocycles. The molecule has 0 fully saturated rings. The Balaban J connectivity index is 1.08. The Morgan fingerprint density at radius 2 is 0.741 bits per heavy atom. The Hall–Kier alpha value is -7.96. The van der Waals surface area contributed by atoms with Crippen LogP contribution in [-0.4, -0.2) is 24.1 Å². The minimum absolute atomic E-state index is 0.0408. The first-order valence-corrected chi connectivity index (χ1v) is 19.3. The summed E-state index contributed by atoms with van der Waals surface area (Å²) >= 11 is 0. The second-order valence-electron chi connectivity index (χ2n) is 14.4. The molecule has 0 atom stereocenters. The zero-order valence-corrected chi connectivity index (χ0v) is 31.2. The summed E-state index contributed by atoms with van der Waals surface area (Å²) in [5.74, 6) is 1.54. The minimum atomic E-state index is -0.0408. The van der Waals surface area contributed by atoms with Gasteiger partial charge in [0.25, 0.3) is 0 Å². The average Bonchev–Trinajstić information content (AvgIpc) is 3.63. The van der Waals surface area contributed by atoms with E-state index in [0.717, 1.165) is 49.9 Å². The zero-order valence-electron chi connectivity index (χ0n) is 31.2. The van der Waals surface area contributed by atoms with Gasteiger partial charge in [-0.25, -0.2) is 4.98 Å². The van der Waals surface area contributed by atoms with Crippen LogP contribution in [0.3, 0.4) is 0 Å². The summed E-state index contributed by atoms with van der Waals surface area (Å²) in [6.45, 7) is 0. The van der Waals surface area contributed by atoms with Crippen LogP contribution in [0.2, 0.25) is 0 Å². The highest BCUT2D eigenvalue weighted by molar-refractivity contribution is 6.10. The van der Waals surface area contributed by atoms with Crippen molar-refractivity contribution in [2.24, 2.45) is 0 Å². The fraction of sp³-hybridized carbons (Fsp3) is 0. The largest absolute Gasteiger partial charge is 0.309 e. The number of benzene rings is 8. The van der Waals surface area contributed by atoms with E-state index in [1.54, 1.807) is 0 Å². The number of rotatable bonds is 6. The molecule has 11 aromatic rings. The molecule has 0 aliphatic rings. The smallest absolute Gasteiger partial charge is 0.238 e. The van der Waals surface area contributed by atoms with Gasteiger partial charge in [0.2, 0.25) is 5.95 Å². The summed E-state index contributed by atoms with van der Waals surface area (Å²) in [4.78, 5) is 29.5. The highest BCUT2D eigenvalue weighted by Crippen LogP contribution is 2.36. The first kappa shape index (κ1) is 33.4. The second-order valence-corrected chi connectivity index (χ2v) is 14.4. The van der Waals surface area contributed by atoms with Crippen LogP contribution in [0.5, 0.6) is 0 Å². The average molecular weight is 744 g/mol. The number of pyridine rings is 1. The highest BCUT2D eigenvalue weighted by atomic mass is 16.1. The Labute approximate surface area is 333 Å². The van der Waals surface area contributed by atoms with Gasteiger partial charge in [-0.15, -0.1) is 0 Å². The lowest BCUT2D eigenvalue weighted by Crippen LogP contribution is -2.14. The predicted octanol–water partition coefficient (Wildman–Crippen LogP) is 12.1. The van der Waals surface area contributed by atoms with Gasteiger partial charge < -0.3 is 4.57 Å². The number of hydrogen-bond acceptors (Lipinski definition) is 4. The molecule has 0 spiro atoms. The van der Waals surface area contributed by atoms with Crippen LogP contribution >= 0.6 is 0 Å². The standard InChI is InChI=1S/C52H33N5O/c58-49-42-21-11-13-23-46(42)57(52-54-50(36-16-6-2-7-17-36)53-51(55-52)37-18-8-3-9-19-37)48-31-27-39(33-44(48)49)38-26-30-47-43(32-38)41-20-10-12-22-45(41)56(47)40-28-24-35(25-29-40)34-14-4-1-5-15-34/h1-33H. The maximum Gasteiger partial charge on any atom is 0.238 e. The molecule has 11 rings (SSSR count). The van der Waals surface area contributed by atoms with Crippen molar-refractivity contribution in [3.8, 4) is 56.7 Å². The lowest BCUT2D eigenvalue weighted by atomic mass is 9.99. The SMILES string of the molecule is O=c1c2ccccc2n(-c2nc(-c3ccccc3)nc(-c3ccccc3)n2)c2ccc(-c3ccc4c(c3)c3ccccc3n4-c3ccc(-c4ccccc4)cc3)cc12. The minimum Gasteiger partial charge on any atom is -0.309 e. The number of hydrogen-bond donors (Lipinski definition) is 0. The van der Waals surface area contributed by atoms with Gasteiger partial charge in [-0.1, -0.05) is 146 Å². The molecule has 0 radical (unpaired) electrons. The van der Waals surface area contributed by atoms with E-state index in [0.29, 0.717) is 33.9 Å². The summed E-state index contributed by atoms with van der Waals surface area (Å²) < 4.78 is 4.33. The van der Waals surface area contributed by atoms with Crippen molar-refractivity contribution in [3.63, 3.8) is 0 Å². The molecule has 0 saturated heterocycles. The maximum absolute atomic E-state index is 14.4. The van der Waals surface area contributed by atoms with Crippen molar-refractivity contribution in [1.82, 2.24) is 24.1 Å². The van der Waals surface area contributed by atoms with E-state index in [2.05, 4.69) is 102 Å². The highest BCUT2D eigenvalue weighted by Gasteiger charge is 2.19. The molecule has 58 heavy (non-hydrogen) atoms.